The van der Waals surface area contributed by atoms with Gasteiger partial charge in [0.1, 0.15) is 0 Å². The van der Waals surface area contributed by atoms with Gasteiger partial charge in [0.05, 0.1) is 29.1 Å². The minimum atomic E-state index is -1.62. The first-order chi connectivity index (χ1) is 18.5. The third-order valence-corrected chi connectivity index (χ3v) is 5.87. The second kappa shape index (κ2) is 15.5. The Kier molecular flexibility index (Phi) is 12.4. The molecular formula is C28H38BN5O5. The van der Waals surface area contributed by atoms with Crippen LogP contribution in [0.1, 0.15) is 58.7 Å². The van der Waals surface area contributed by atoms with E-state index in [1.807, 2.05) is 75.4 Å². The van der Waals surface area contributed by atoms with E-state index in [2.05, 4.69) is 21.0 Å². The van der Waals surface area contributed by atoms with Gasteiger partial charge < -0.3 is 26.0 Å². The van der Waals surface area contributed by atoms with Gasteiger partial charge in [-0.15, -0.1) is 0 Å². The molecule has 1 aromatic heterocycles. The van der Waals surface area contributed by atoms with Crippen molar-refractivity contribution in [3.63, 3.8) is 0 Å². The van der Waals surface area contributed by atoms with E-state index in [1.165, 1.54) is 6.20 Å². The fraction of sp³-hybridized carbons (Fsp3) is 0.357. The number of rotatable bonds is 10. The van der Waals surface area contributed by atoms with E-state index < -0.39 is 13.1 Å². The lowest BCUT2D eigenvalue weighted by Crippen LogP contribution is -2.47. The Morgan fingerprint density at radius 1 is 0.974 bits per heavy atom. The summed E-state index contributed by atoms with van der Waals surface area (Å²) in [4.78, 5) is 35.4. The second-order valence-electron chi connectivity index (χ2n) is 9.56. The van der Waals surface area contributed by atoms with Crippen molar-refractivity contribution in [2.45, 2.75) is 46.5 Å². The molecule has 3 rings (SSSR count). The number of nitrogens with one attached hydrogen (secondary N) is 3. The van der Waals surface area contributed by atoms with Crippen LogP contribution in [0.25, 0.3) is 5.69 Å². The number of hydrogen-bond acceptors (Lipinski definition) is 6. The zero-order chi connectivity index (χ0) is 28.9. The number of amides is 3. The standard InChI is InChI=1S/C19H27BN4O4.C9H11NO/c1-13(2)11-17(20(27)28)23-18(25)9-10-21-19(26)16-12-22-24(14(16)3)15-7-5-4-6-8-15;1-7-3-5-8(6-4-7)9(11)10-2/h4-8,12-13,17,27-28H,9-11H2,1-3H3,(H,21,26)(H,23,25);3-6H,1-2H3,(H,10,11). The van der Waals surface area contributed by atoms with E-state index >= 15 is 0 Å². The number of benzene rings is 2. The predicted molar refractivity (Wildman–Crippen MR) is 151 cm³/mol. The Morgan fingerprint density at radius 3 is 2.18 bits per heavy atom. The van der Waals surface area contributed by atoms with Crippen LogP contribution in [-0.4, -0.2) is 64.2 Å². The molecule has 10 nitrogen and oxygen atoms in total. The van der Waals surface area contributed by atoms with Crippen molar-refractivity contribution < 1.29 is 24.4 Å². The van der Waals surface area contributed by atoms with Crippen LogP contribution < -0.4 is 16.0 Å². The SMILES string of the molecule is CNC(=O)c1ccc(C)cc1.Cc1c(C(=O)NCCC(=O)NC(CC(C)C)B(O)O)cnn1-c1ccccc1. The van der Waals surface area contributed by atoms with E-state index in [-0.39, 0.29) is 36.6 Å². The molecule has 1 atom stereocenters. The minimum absolute atomic E-state index is 0.0370. The van der Waals surface area contributed by atoms with Gasteiger partial charge in [0.2, 0.25) is 5.91 Å². The molecule has 0 saturated carbocycles. The molecule has 2 aromatic carbocycles. The van der Waals surface area contributed by atoms with E-state index in [9.17, 15) is 24.4 Å². The number of carbonyl (C=O) groups is 3. The van der Waals surface area contributed by atoms with Crippen LogP contribution in [0.5, 0.6) is 0 Å². The molecule has 3 aromatic rings. The lowest BCUT2D eigenvalue weighted by Gasteiger charge is -2.19. The Bertz CT molecular complexity index is 1210. The molecule has 0 aliphatic rings. The number of aryl methyl sites for hydroxylation is 1. The van der Waals surface area contributed by atoms with Gasteiger partial charge >= 0.3 is 7.12 Å². The number of para-hydroxylation sites is 1. The van der Waals surface area contributed by atoms with Crippen LogP contribution in [0.15, 0.2) is 60.8 Å². The third kappa shape index (κ3) is 10.0. The fourth-order valence-electron chi connectivity index (χ4n) is 3.74. The van der Waals surface area contributed by atoms with Gasteiger partial charge in [-0.2, -0.15) is 5.10 Å². The van der Waals surface area contributed by atoms with Crippen LogP contribution in [-0.2, 0) is 4.79 Å². The quantitative estimate of drug-likeness (QED) is 0.252. The largest absolute Gasteiger partial charge is 0.475 e. The van der Waals surface area contributed by atoms with Crippen LogP contribution >= 0.6 is 0 Å². The fourth-order valence-corrected chi connectivity index (χ4v) is 3.74. The maximum atomic E-state index is 12.4. The molecule has 1 unspecified atom stereocenters. The van der Waals surface area contributed by atoms with Crippen LogP contribution in [0.4, 0.5) is 0 Å². The molecule has 1 heterocycles. The summed E-state index contributed by atoms with van der Waals surface area (Å²) in [5, 5.41) is 30.8. The highest BCUT2D eigenvalue weighted by atomic mass is 16.4. The number of nitrogens with zero attached hydrogens (tertiary/aromatic N) is 2. The van der Waals surface area contributed by atoms with Crippen molar-refractivity contribution in [2.24, 2.45) is 5.92 Å². The normalized spacial score (nSPS) is 11.2. The summed E-state index contributed by atoms with van der Waals surface area (Å²) >= 11 is 0. The molecule has 0 fully saturated rings. The summed E-state index contributed by atoms with van der Waals surface area (Å²) < 4.78 is 1.68. The van der Waals surface area contributed by atoms with Crippen LogP contribution in [0.3, 0.4) is 0 Å². The summed E-state index contributed by atoms with van der Waals surface area (Å²) in [5.74, 6) is -1.22. The van der Waals surface area contributed by atoms with E-state index in [0.29, 0.717) is 23.2 Å². The van der Waals surface area contributed by atoms with Gasteiger partial charge in [0.25, 0.3) is 11.8 Å². The highest BCUT2D eigenvalue weighted by Crippen LogP contribution is 2.13. The Balaban J connectivity index is 0.000000404. The summed E-state index contributed by atoms with van der Waals surface area (Å²) in [6.07, 6.45) is 1.99. The average molecular weight is 535 g/mol. The maximum Gasteiger partial charge on any atom is 0.475 e. The monoisotopic (exact) mass is 535 g/mol. The van der Waals surface area contributed by atoms with Crippen molar-refractivity contribution in [3.8, 4) is 5.69 Å². The first kappa shape index (κ1) is 31.3. The van der Waals surface area contributed by atoms with Gasteiger partial charge in [-0.05, 0) is 50.5 Å². The van der Waals surface area contributed by atoms with E-state index in [4.69, 9.17) is 0 Å². The van der Waals surface area contributed by atoms with Crippen molar-refractivity contribution >= 4 is 24.8 Å². The van der Waals surface area contributed by atoms with Crippen LogP contribution in [0.2, 0.25) is 0 Å². The summed E-state index contributed by atoms with van der Waals surface area (Å²) in [6.45, 7) is 7.80. The van der Waals surface area contributed by atoms with E-state index in [1.54, 1.807) is 18.7 Å². The summed E-state index contributed by atoms with van der Waals surface area (Å²) in [5.41, 5.74) is 3.87. The molecule has 208 valence electrons. The highest BCUT2D eigenvalue weighted by Gasteiger charge is 2.26. The average Bonchev–Trinajstić information content (AvgIpc) is 3.30. The first-order valence-corrected chi connectivity index (χ1v) is 12.9. The molecule has 0 radical (unpaired) electrons. The lowest BCUT2D eigenvalue weighted by atomic mass is 9.75. The molecule has 0 bridgehead atoms. The van der Waals surface area contributed by atoms with Gasteiger partial charge in [-0.3, -0.25) is 14.4 Å². The molecule has 0 aliphatic carbocycles. The third-order valence-electron chi connectivity index (χ3n) is 5.87. The molecular weight excluding hydrogens is 497 g/mol. The van der Waals surface area contributed by atoms with Gasteiger partial charge in [0, 0.05) is 25.6 Å². The van der Waals surface area contributed by atoms with Crippen molar-refractivity contribution in [1.29, 1.82) is 0 Å². The predicted octanol–water partition coefficient (Wildman–Crippen LogP) is 2.20. The molecule has 5 N–H and O–H groups in total. The molecule has 11 heteroatoms. The summed E-state index contributed by atoms with van der Waals surface area (Å²) in [7, 11) is 0.00904. The molecule has 3 amide bonds. The number of hydrogen-bond donors (Lipinski definition) is 5. The topological polar surface area (TPSA) is 146 Å². The van der Waals surface area contributed by atoms with Crippen LogP contribution in [0, 0.1) is 19.8 Å². The minimum Gasteiger partial charge on any atom is -0.426 e. The van der Waals surface area contributed by atoms with Gasteiger partial charge in [-0.25, -0.2) is 4.68 Å². The van der Waals surface area contributed by atoms with Gasteiger partial charge in [-0.1, -0.05) is 49.7 Å². The number of carbonyl (C=O) groups excluding carboxylic acids is 3. The molecule has 0 aliphatic heterocycles. The Labute approximate surface area is 230 Å². The zero-order valence-corrected chi connectivity index (χ0v) is 23.1. The van der Waals surface area contributed by atoms with Gasteiger partial charge in [0.15, 0.2) is 0 Å². The number of aromatic nitrogens is 2. The van der Waals surface area contributed by atoms with Crippen molar-refractivity contribution in [2.75, 3.05) is 13.6 Å². The first-order valence-electron chi connectivity index (χ1n) is 12.9. The molecule has 39 heavy (non-hydrogen) atoms. The van der Waals surface area contributed by atoms with Crippen molar-refractivity contribution in [3.05, 3.63) is 83.2 Å². The smallest absolute Gasteiger partial charge is 0.426 e. The molecule has 0 saturated heterocycles. The summed E-state index contributed by atoms with van der Waals surface area (Å²) in [6, 6.07) is 17.0. The zero-order valence-electron chi connectivity index (χ0n) is 23.1. The molecule has 0 spiro atoms. The second-order valence-corrected chi connectivity index (χ2v) is 9.56. The Hall–Kier alpha value is -3.96. The Morgan fingerprint density at radius 2 is 1.62 bits per heavy atom. The lowest BCUT2D eigenvalue weighted by molar-refractivity contribution is -0.121. The highest BCUT2D eigenvalue weighted by molar-refractivity contribution is 6.43. The van der Waals surface area contributed by atoms with Crippen molar-refractivity contribution in [1.82, 2.24) is 25.7 Å². The maximum absolute atomic E-state index is 12.4. The van der Waals surface area contributed by atoms with E-state index in [0.717, 1.165) is 11.3 Å².